The number of nitrogens with zero attached hydrogens (tertiary/aromatic N) is 1. The van der Waals surface area contributed by atoms with Crippen molar-refractivity contribution in [3.8, 4) is 0 Å². The molecule has 0 bridgehead atoms. The lowest BCUT2D eigenvalue weighted by molar-refractivity contribution is 0.287. The van der Waals surface area contributed by atoms with Crippen LogP contribution in [0, 0.1) is 0 Å². The SMILES string of the molecule is CC1(C)CCN(C[B-](F)(F)F)CCS1. The molecule has 1 heterocycles. The van der Waals surface area contributed by atoms with Crippen LogP contribution >= 0.6 is 11.8 Å². The quantitative estimate of drug-likeness (QED) is 0.666. The Morgan fingerprint density at radius 1 is 1.29 bits per heavy atom. The van der Waals surface area contributed by atoms with E-state index in [0.29, 0.717) is 13.1 Å². The van der Waals surface area contributed by atoms with Crippen LogP contribution in [0.25, 0.3) is 0 Å². The highest BCUT2D eigenvalue weighted by Gasteiger charge is 2.29. The number of thioether (sulfide) groups is 1. The molecule has 0 atom stereocenters. The number of hydrogen-bond acceptors (Lipinski definition) is 2. The maximum absolute atomic E-state index is 12.2. The second-order valence-corrected chi connectivity index (χ2v) is 6.17. The highest BCUT2D eigenvalue weighted by atomic mass is 32.2. The summed E-state index contributed by atoms with van der Waals surface area (Å²) in [5, 5.41) is 0. The largest absolute Gasteiger partial charge is 0.492 e. The van der Waals surface area contributed by atoms with Crippen molar-refractivity contribution in [3.05, 3.63) is 0 Å². The van der Waals surface area contributed by atoms with Gasteiger partial charge in [-0.1, -0.05) is 13.8 Å². The van der Waals surface area contributed by atoms with E-state index >= 15 is 0 Å². The van der Waals surface area contributed by atoms with Crippen LogP contribution in [0.15, 0.2) is 0 Å². The van der Waals surface area contributed by atoms with Gasteiger partial charge in [0.15, 0.2) is 0 Å². The zero-order chi connectivity index (χ0) is 10.8. The molecule has 0 spiro atoms. The third kappa shape index (κ3) is 4.60. The second kappa shape index (κ2) is 4.35. The first-order valence-electron chi connectivity index (χ1n) is 4.86. The minimum absolute atomic E-state index is 0.132. The average Bonchev–Trinajstić information content (AvgIpc) is 2.10. The number of halogens is 3. The summed E-state index contributed by atoms with van der Waals surface area (Å²) < 4.78 is 36.7. The van der Waals surface area contributed by atoms with E-state index in [9.17, 15) is 12.9 Å². The topological polar surface area (TPSA) is 3.24 Å². The van der Waals surface area contributed by atoms with E-state index in [2.05, 4.69) is 13.8 Å². The van der Waals surface area contributed by atoms with Crippen LogP contribution in [0.3, 0.4) is 0 Å². The molecule has 1 aliphatic heterocycles. The summed E-state index contributed by atoms with van der Waals surface area (Å²) in [6.45, 7) is 0.670. The summed E-state index contributed by atoms with van der Waals surface area (Å²) >= 11 is 1.77. The Hall–Kier alpha value is 0.165. The predicted octanol–water partition coefficient (Wildman–Crippen LogP) is 2.59. The summed E-state index contributed by atoms with van der Waals surface area (Å²) in [6.07, 6.45) is 0.139. The van der Waals surface area contributed by atoms with Gasteiger partial charge in [-0.25, -0.2) is 0 Å². The molecule has 0 unspecified atom stereocenters. The monoisotopic (exact) mass is 226 g/mol. The fourth-order valence-corrected chi connectivity index (χ4v) is 2.68. The molecule has 0 aromatic carbocycles. The van der Waals surface area contributed by atoms with E-state index in [1.54, 1.807) is 11.8 Å². The summed E-state index contributed by atoms with van der Waals surface area (Å²) in [7, 11) is 0. The molecule has 6 heteroatoms. The normalized spacial score (nSPS) is 24.6. The fourth-order valence-electron chi connectivity index (χ4n) is 1.54. The summed E-state index contributed by atoms with van der Waals surface area (Å²) in [5.41, 5.74) is 0. The molecule has 14 heavy (non-hydrogen) atoms. The first kappa shape index (κ1) is 12.2. The fraction of sp³-hybridized carbons (Fsp3) is 1.00. The molecule has 84 valence electrons. The Labute approximate surface area is 87.5 Å². The minimum Gasteiger partial charge on any atom is -0.448 e. The van der Waals surface area contributed by atoms with Gasteiger partial charge < -0.3 is 17.8 Å². The highest BCUT2D eigenvalue weighted by Crippen LogP contribution is 2.31. The molecule has 0 saturated carbocycles. The molecule has 0 radical (unpaired) electrons. The van der Waals surface area contributed by atoms with Crippen molar-refractivity contribution in [2.45, 2.75) is 25.0 Å². The lowest BCUT2D eigenvalue weighted by Gasteiger charge is -2.26. The predicted molar refractivity (Wildman–Crippen MR) is 56.7 cm³/mol. The Bertz CT molecular complexity index is 196. The van der Waals surface area contributed by atoms with Gasteiger partial charge in [-0.2, -0.15) is 11.8 Å². The standard InChI is InChI=1S/C8H16BF3NS/c1-8(2)3-4-13(5-6-14-8)7-9(10,11)12/h3-7H2,1-2H3/q-1. The zero-order valence-corrected chi connectivity index (χ0v) is 9.42. The van der Waals surface area contributed by atoms with Gasteiger partial charge in [-0.15, -0.1) is 0 Å². The summed E-state index contributed by atoms with van der Waals surface area (Å²) in [4.78, 5) is 1.53. The van der Waals surface area contributed by atoms with Crippen molar-refractivity contribution >= 4 is 18.7 Å². The third-order valence-electron chi connectivity index (χ3n) is 2.40. The van der Waals surface area contributed by atoms with E-state index in [1.165, 1.54) is 4.90 Å². The molecule has 1 rings (SSSR count). The molecule has 0 amide bonds. The van der Waals surface area contributed by atoms with Gasteiger partial charge in [0.2, 0.25) is 0 Å². The molecule has 1 nitrogen and oxygen atoms in total. The maximum atomic E-state index is 12.2. The summed E-state index contributed by atoms with van der Waals surface area (Å²) in [5.74, 6) is 0.805. The Kier molecular flexibility index (Phi) is 3.80. The van der Waals surface area contributed by atoms with Crippen LogP contribution in [-0.2, 0) is 0 Å². The summed E-state index contributed by atoms with van der Waals surface area (Å²) in [6, 6.07) is 0. The van der Waals surface area contributed by atoms with Crippen molar-refractivity contribution in [3.63, 3.8) is 0 Å². The van der Waals surface area contributed by atoms with Gasteiger partial charge in [-0.05, 0) is 19.4 Å². The first-order valence-corrected chi connectivity index (χ1v) is 5.84. The van der Waals surface area contributed by atoms with Crippen LogP contribution < -0.4 is 0 Å². The molecule has 1 fully saturated rings. The Morgan fingerprint density at radius 3 is 2.50 bits per heavy atom. The molecule has 0 N–H and O–H groups in total. The molecule has 0 aliphatic carbocycles. The van der Waals surface area contributed by atoms with Gasteiger partial charge in [0, 0.05) is 17.0 Å². The van der Waals surface area contributed by atoms with Crippen LogP contribution in [0.4, 0.5) is 12.9 Å². The van der Waals surface area contributed by atoms with Crippen molar-refractivity contribution in [1.29, 1.82) is 0 Å². The van der Waals surface area contributed by atoms with E-state index in [4.69, 9.17) is 0 Å². The molecule has 1 aliphatic rings. The Balaban J connectivity index is 2.43. The van der Waals surface area contributed by atoms with Gasteiger partial charge in [0.1, 0.15) is 0 Å². The van der Waals surface area contributed by atoms with Gasteiger partial charge in [0.05, 0.1) is 0 Å². The van der Waals surface area contributed by atoms with Crippen molar-refractivity contribution in [2.75, 3.05) is 25.3 Å². The Morgan fingerprint density at radius 2 is 1.93 bits per heavy atom. The van der Waals surface area contributed by atoms with Crippen LogP contribution in [0.1, 0.15) is 20.3 Å². The maximum Gasteiger partial charge on any atom is 0.492 e. The number of hydrogen-bond donors (Lipinski definition) is 0. The number of rotatable bonds is 2. The smallest absolute Gasteiger partial charge is 0.448 e. The van der Waals surface area contributed by atoms with Gasteiger partial charge >= 0.3 is 6.98 Å². The first-order chi connectivity index (χ1) is 6.29. The van der Waals surface area contributed by atoms with E-state index in [-0.39, 0.29) is 4.75 Å². The third-order valence-corrected chi connectivity index (χ3v) is 3.77. The lowest BCUT2D eigenvalue weighted by Crippen LogP contribution is -2.39. The van der Waals surface area contributed by atoms with Crippen molar-refractivity contribution in [2.24, 2.45) is 0 Å². The van der Waals surface area contributed by atoms with E-state index in [1.807, 2.05) is 0 Å². The van der Waals surface area contributed by atoms with Crippen LogP contribution in [0.2, 0.25) is 0 Å². The van der Waals surface area contributed by atoms with Crippen molar-refractivity contribution < 1.29 is 12.9 Å². The zero-order valence-electron chi connectivity index (χ0n) is 8.60. The second-order valence-electron chi connectivity index (χ2n) is 4.37. The average molecular weight is 226 g/mol. The van der Waals surface area contributed by atoms with Gasteiger partial charge in [0.25, 0.3) is 0 Å². The highest BCUT2D eigenvalue weighted by molar-refractivity contribution is 8.00. The van der Waals surface area contributed by atoms with Crippen LogP contribution in [-0.4, -0.2) is 41.9 Å². The lowest BCUT2D eigenvalue weighted by atomic mass is 9.91. The molecule has 0 aromatic heterocycles. The molecule has 1 saturated heterocycles. The van der Waals surface area contributed by atoms with E-state index in [0.717, 1.165) is 12.2 Å². The van der Waals surface area contributed by atoms with Gasteiger partial charge in [-0.3, -0.25) is 0 Å². The van der Waals surface area contributed by atoms with E-state index < -0.39 is 13.4 Å². The molecule has 0 aromatic rings. The minimum atomic E-state index is -4.66. The van der Waals surface area contributed by atoms with Crippen LogP contribution in [0.5, 0.6) is 0 Å². The molecular formula is C8H16BF3NS-. The van der Waals surface area contributed by atoms with Crippen molar-refractivity contribution in [1.82, 2.24) is 4.90 Å². The molecular weight excluding hydrogens is 210 g/mol.